The van der Waals surface area contributed by atoms with Gasteiger partial charge >= 0.3 is 0 Å². The molecule has 96 valence electrons. The second-order valence-electron chi connectivity index (χ2n) is 4.64. The molecule has 1 N–H and O–H groups in total. The van der Waals surface area contributed by atoms with Crippen LogP contribution < -0.4 is 5.32 Å². The molecule has 2 aromatic rings. The summed E-state index contributed by atoms with van der Waals surface area (Å²) in [5, 5.41) is 7.60. The van der Waals surface area contributed by atoms with Crippen molar-refractivity contribution in [2.45, 2.75) is 33.7 Å². The van der Waals surface area contributed by atoms with Crippen molar-refractivity contribution < 1.29 is 0 Å². The summed E-state index contributed by atoms with van der Waals surface area (Å²) < 4.78 is 1.80. The largest absolute Gasteiger partial charge is 0.363 e. The first-order chi connectivity index (χ1) is 8.47. The molecule has 0 unspecified atom stereocenters. The van der Waals surface area contributed by atoms with Crippen LogP contribution in [0.3, 0.4) is 0 Å². The molecule has 5 nitrogen and oxygen atoms in total. The standard InChI is InChI=1S/C13H19N5/c1-8-9(2)15-11(4)17-13(8)16-10(3)12-6-14-18(5)7-12/h6-7,10H,1-5H3,(H,15,16,17)/t10-/m0/s1. The molecule has 0 saturated carbocycles. The van der Waals surface area contributed by atoms with Crippen molar-refractivity contribution >= 4 is 5.82 Å². The Kier molecular flexibility index (Phi) is 3.32. The van der Waals surface area contributed by atoms with E-state index in [2.05, 4.69) is 27.3 Å². The van der Waals surface area contributed by atoms with Gasteiger partial charge in [-0.1, -0.05) is 0 Å². The Morgan fingerprint density at radius 3 is 2.56 bits per heavy atom. The van der Waals surface area contributed by atoms with Crippen LogP contribution in [0.2, 0.25) is 0 Å². The number of hydrogen-bond donors (Lipinski definition) is 1. The first kappa shape index (κ1) is 12.5. The number of nitrogens with one attached hydrogen (secondary N) is 1. The number of aryl methyl sites for hydroxylation is 3. The maximum absolute atomic E-state index is 4.46. The van der Waals surface area contributed by atoms with Crippen molar-refractivity contribution in [1.29, 1.82) is 0 Å². The summed E-state index contributed by atoms with van der Waals surface area (Å²) in [6.45, 7) is 8.05. The van der Waals surface area contributed by atoms with E-state index in [0.29, 0.717) is 0 Å². The maximum atomic E-state index is 4.46. The van der Waals surface area contributed by atoms with Crippen LogP contribution in [-0.4, -0.2) is 19.7 Å². The first-order valence-corrected chi connectivity index (χ1v) is 6.04. The van der Waals surface area contributed by atoms with E-state index in [1.54, 1.807) is 4.68 Å². The molecule has 0 spiro atoms. The van der Waals surface area contributed by atoms with E-state index < -0.39 is 0 Å². The topological polar surface area (TPSA) is 55.6 Å². The molecule has 18 heavy (non-hydrogen) atoms. The summed E-state index contributed by atoms with van der Waals surface area (Å²) in [5.74, 6) is 1.69. The van der Waals surface area contributed by atoms with Crippen molar-refractivity contribution in [2.24, 2.45) is 7.05 Å². The third-order valence-corrected chi connectivity index (χ3v) is 3.08. The second-order valence-corrected chi connectivity index (χ2v) is 4.64. The predicted molar refractivity (Wildman–Crippen MR) is 71.5 cm³/mol. The van der Waals surface area contributed by atoms with Gasteiger partial charge in [-0.3, -0.25) is 4.68 Å². The molecule has 0 saturated heterocycles. The molecule has 0 aliphatic rings. The van der Waals surface area contributed by atoms with Crippen molar-refractivity contribution in [3.63, 3.8) is 0 Å². The number of nitrogens with zero attached hydrogens (tertiary/aromatic N) is 4. The van der Waals surface area contributed by atoms with Gasteiger partial charge in [0.05, 0.1) is 12.2 Å². The van der Waals surface area contributed by atoms with Gasteiger partial charge in [0.25, 0.3) is 0 Å². The number of aromatic nitrogens is 4. The third-order valence-electron chi connectivity index (χ3n) is 3.08. The van der Waals surface area contributed by atoms with E-state index in [9.17, 15) is 0 Å². The Morgan fingerprint density at radius 2 is 1.94 bits per heavy atom. The van der Waals surface area contributed by atoms with Gasteiger partial charge in [-0.15, -0.1) is 0 Å². The molecule has 2 rings (SSSR count). The van der Waals surface area contributed by atoms with Gasteiger partial charge in [0, 0.05) is 30.1 Å². The molecule has 0 bridgehead atoms. The predicted octanol–water partition coefficient (Wildman–Crippen LogP) is 2.31. The van der Waals surface area contributed by atoms with Gasteiger partial charge in [-0.05, 0) is 27.7 Å². The van der Waals surface area contributed by atoms with E-state index in [4.69, 9.17) is 0 Å². The zero-order chi connectivity index (χ0) is 13.3. The number of hydrogen-bond acceptors (Lipinski definition) is 4. The Balaban J connectivity index is 2.24. The molecule has 0 fully saturated rings. The molecule has 0 aliphatic heterocycles. The fourth-order valence-corrected chi connectivity index (χ4v) is 1.86. The molecule has 2 aromatic heterocycles. The Hall–Kier alpha value is -1.91. The Labute approximate surface area is 107 Å². The molecule has 2 heterocycles. The van der Waals surface area contributed by atoms with Crippen LogP contribution in [0, 0.1) is 20.8 Å². The van der Waals surface area contributed by atoms with Crippen LogP contribution >= 0.6 is 0 Å². The lowest BCUT2D eigenvalue weighted by Gasteiger charge is -2.16. The lowest BCUT2D eigenvalue weighted by atomic mass is 10.1. The smallest absolute Gasteiger partial charge is 0.133 e. The summed E-state index contributed by atoms with van der Waals surface area (Å²) >= 11 is 0. The van der Waals surface area contributed by atoms with Crippen LogP contribution in [-0.2, 0) is 7.05 Å². The highest BCUT2D eigenvalue weighted by molar-refractivity contribution is 5.47. The lowest BCUT2D eigenvalue weighted by Crippen LogP contribution is -2.11. The van der Waals surface area contributed by atoms with Gasteiger partial charge in [0.2, 0.25) is 0 Å². The molecular weight excluding hydrogens is 226 g/mol. The highest BCUT2D eigenvalue weighted by atomic mass is 15.2. The molecule has 0 amide bonds. The summed E-state index contributed by atoms with van der Waals surface area (Å²) in [6.07, 6.45) is 3.88. The van der Waals surface area contributed by atoms with Crippen LogP contribution in [0.1, 0.15) is 35.6 Å². The van der Waals surface area contributed by atoms with Crippen molar-refractivity contribution in [1.82, 2.24) is 19.7 Å². The van der Waals surface area contributed by atoms with Crippen molar-refractivity contribution in [2.75, 3.05) is 5.32 Å². The van der Waals surface area contributed by atoms with Crippen molar-refractivity contribution in [3.8, 4) is 0 Å². The van der Waals surface area contributed by atoms with Crippen LogP contribution in [0.5, 0.6) is 0 Å². The zero-order valence-electron chi connectivity index (χ0n) is 11.5. The Morgan fingerprint density at radius 1 is 1.22 bits per heavy atom. The highest BCUT2D eigenvalue weighted by Crippen LogP contribution is 2.21. The van der Waals surface area contributed by atoms with E-state index >= 15 is 0 Å². The summed E-state index contributed by atoms with van der Waals surface area (Å²) in [4.78, 5) is 8.81. The van der Waals surface area contributed by atoms with E-state index in [-0.39, 0.29) is 6.04 Å². The third kappa shape index (κ3) is 2.50. The van der Waals surface area contributed by atoms with E-state index in [1.807, 2.05) is 40.2 Å². The quantitative estimate of drug-likeness (QED) is 0.901. The summed E-state index contributed by atoms with van der Waals surface area (Å²) in [6, 6.07) is 0.172. The normalized spacial score (nSPS) is 12.5. The fourth-order valence-electron chi connectivity index (χ4n) is 1.86. The average Bonchev–Trinajstić information content (AvgIpc) is 2.72. The summed E-state index contributed by atoms with van der Waals surface area (Å²) in [7, 11) is 1.92. The molecule has 0 aliphatic carbocycles. The maximum Gasteiger partial charge on any atom is 0.133 e. The van der Waals surface area contributed by atoms with Gasteiger partial charge in [-0.25, -0.2) is 9.97 Å². The molecule has 0 radical (unpaired) electrons. The van der Waals surface area contributed by atoms with Gasteiger partial charge in [0.15, 0.2) is 0 Å². The minimum Gasteiger partial charge on any atom is -0.363 e. The van der Waals surface area contributed by atoms with Crippen LogP contribution in [0.25, 0.3) is 0 Å². The highest BCUT2D eigenvalue weighted by Gasteiger charge is 2.11. The van der Waals surface area contributed by atoms with Gasteiger partial charge in [0.1, 0.15) is 11.6 Å². The van der Waals surface area contributed by atoms with E-state index in [1.165, 1.54) is 0 Å². The lowest BCUT2D eigenvalue weighted by molar-refractivity contribution is 0.765. The number of anilines is 1. The Bertz CT molecular complexity index is 559. The van der Waals surface area contributed by atoms with Gasteiger partial charge < -0.3 is 5.32 Å². The number of rotatable bonds is 3. The molecule has 1 atom stereocenters. The minimum absolute atomic E-state index is 0.172. The summed E-state index contributed by atoms with van der Waals surface area (Å²) in [5.41, 5.74) is 3.26. The average molecular weight is 245 g/mol. The van der Waals surface area contributed by atoms with Gasteiger partial charge in [-0.2, -0.15) is 5.10 Å². The minimum atomic E-state index is 0.172. The fraction of sp³-hybridized carbons (Fsp3) is 0.462. The molecule has 0 aromatic carbocycles. The molecular formula is C13H19N5. The van der Waals surface area contributed by atoms with Crippen LogP contribution in [0.4, 0.5) is 5.82 Å². The van der Waals surface area contributed by atoms with E-state index in [0.717, 1.165) is 28.5 Å². The molecule has 5 heteroatoms. The first-order valence-electron chi connectivity index (χ1n) is 6.04. The second kappa shape index (κ2) is 4.76. The van der Waals surface area contributed by atoms with Crippen LogP contribution in [0.15, 0.2) is 12.4 Å². The zero-order valence-corrected chi connectivity index (χ0v) is 11.5. The van der Waals surface area contributed by atoms with Crippen molar-refractivity contribution in [3.05, 3.63) is 35.0 Å². The SMILES string of the molecule is Cc1nc(C)c(C)c(N[C@@H](C)c2cnn(C)c2)n1. The monoisotopic (exact) mass is 245 g/mol.